The number of rotatable bonds is 31. The summed E-state index contributed by atoms with van der Waals surface area (Å²) in [5.41, 5.74) is -9.18. The van der Waals surface area contributed by atoms with Crippen molar-refractivity contribution in [3.8, 4) is 0 Å². The quantitative estimate of drug-likeness (QED) is 0.0214. The van der Waals surface area contributed by atoms with Crippen LogP contribution in [0.25, 0.3) is 0 Å². The minimum Gasteiger partial charge on any atom is -0.245 e. The lowest BCUT2D eigenvalue weighted by atomic mass is 10.3. The van der Waals surface area contributed by atoms with E-state index in [2.05, 4.69) is 101 Å². The SMILES string of the molecule is CCCCN(P(c1ccc([Si](CCCC)(CCCC)CCCC)cc1)c1ccc([Si](CCCC)(CCCC)CCCC)cc1)P(c1ccccc1SC(F)(F)F)c1ccccc1SC(F)(F)F. The van der Waals surface area contributed by atoms with Gasteiger partial charge in [0.05, 0.1) is 16.1 Å². The van der Waals surface area contributed by atoms with Crippen molar-refractivity contribution in [3.63, 3.8) is 0 Å². The fraction of sp³-hybridized carbons (Fsp3) is 0.556. The van der Waals surface area contributed by atoms with Gasteiger partial charge >= 0.3 is 11.0 Å². The van der Waals surface area contributed by atoms with Gasteiger partial charge in [-0.3, -0.25) is 0 Å². The molecule has 0 radical (unpaired) electrons. The van der Waals surface area contributed by atoms with Crippen LogP contribution in [0.4, 0.5) is 26.3 Å². The molecule has 0 bridgehead atoms. The van der Waals surface area contributed by atoms with Crippen LogP contribution in [-0.4, -0.2) is 38.2 Å². The van der Waals surface area contributed by atoms with Crippen LogP contribution < -0.4 is 31.6 Å². The first-order valence-electron chi connectivity index (χ1n) is 25.4. The van der Waals surface area contributed by atoms with Gasteiger partial charge in [0.2, 0.25) is 0 Å². The van der Waals surface area contributed by atoms with E-state index in [0.717, 1.165) is 62.0 Å². The molecular weight excluding hydrogens is 959 g/mol. The molecule has 0 saturated heterocycles. The van der Waals surface area contributed by atoms with E-state index in [1.54, 1.807) is 36.4 Å². The van der Waals surface area contributed by atoms with Crippen LogP contribution in [0.15, 0.2) is 107 Å². The molecule has 4 rings (SSSR count). The van der Waals surface area contributed by atoms with Crippen LogP contribution in [0.3, 0.4) is 0 Å². The maximum Gasteiger partial charge on any atom is 0.446 e. The molecule has 67 heavy (non-hydrogen) atoms. The molecule has 0 aromatic heterocycles. The molecule has 0 fully saturated rings. The summed E-state index contributed by atoms with van der Waals surface area (Å²) in [5.74, 6) is 0. The van der Waals surface area contributed by atoms with E-state index in [1.807, 2.05) is 0 Å². The molecule has 0 N–H and O–H groups in total. The van der Waals surface area contributed by atoms with Gasteiger partial charge in [-0.1, -0.05) is 264 Å². The Morgan fingerprint density at radius 2 is 0.701 bits per heavy atom. The number of nitrogens with zero attached hydrogens (tertiary/aromatic N) is 1. The van der Waals surface area contributed by atoms with Crippen LogP contribution in [0.2, 0.25) is 36.3 Å². The molecule has 0 aliphatic carbocycles. The highest BCUT2D eigenvalue weighted by atomic mass is 32.2. The van der Waals surface area contributed by atoms with E-state index < -0.39 is 43.3 Å². The Hall–Kier alpha value is -1.59. The predicted octanol–water partition coefficient (Wildman–Crippen LogP) is 17.5. The van der Waals surface area contributed by atoms with Crippen molar-refractivity contribution in [2.45, 2.75) is 195 Å². The summed E-state index contributed by atoms with van der Waals surface area (Å²) in [6.07, 6.45) is 15.7. The smallest absolute Gasteiger partial charge is 0.245 e. The normalized spacial score (nSPS) is 12.8. The largest absolute Gasteiger partial charge is 0.446 e. The molecule has 4 aromatic carbocycles. The topological polar surface area (TPSA) is 3.24 Å². The Morgan fingerprint density at radius 1 is 0.403 bits per heavy atom. The van der Waals surface area contributed by atoms with E-state index >= 15 is 0 Å². The third-order valence-corrected chi connectivity index (χ3v) is 31.9. The molecular formula is C54H79F6NP2S2Si2. The Labute approximate surface area is 414 Å². The standard InChI is InChI=1S/C54H79F6NP2S2Si2/c1-8-15-38-61(63(49-26-22-24-28-51(49)64-53(55,56)57)50-27-23-25-29-52(50)65-54(58,59)60)62(45-30-34-47(35-31-45)66(39-16-9-2,40-17-10-3)41-18-11-4)46-32-36-48(37-33-46)67(42-19-12-5,43-20-13-6)44-21-14-7/h22-37H,8-21,38-44H2,1-7H3. The lowest BCUT2D eigenvalue weighted by molar-refractivity contribution is -0.0336. The number of hydrogen-bond donors (Lipinski definition) is 0. The van der Waals surface area contributed by atoms with Crippen molar-refractivity contribution in [3.05, 3.63) is 97.1 Å². The van der Waals surface area contributed by atoms with Gasteiger partial charge in [-0.05, 0) is 52.7 Å². The van der Waals surface area contributed by atoms with Crippen molar-refractivity contribution in [1.29, 1.82) is 0 Å². The van der Waals surface area contributed by atoms with Crippen LogP contribution in [0, 0.1) is 0 Å². The van der Waals surface area contributed by atoms with Gasteiger partial charge in [0.15, 0.2) is 0 Å². The highest BCUT2D eigenvalue weighted by molar-refractivity contribution is 8.01. The Kier molecular flexibility index (Phi) is 25.2. The van der Waals surface area contributed by atoms with E-state index in [4.69, 9.17) is 0 Å². The van der Waals surface area contributed by atoms with E-state index in [1.165, 1.54) is 97.3 Å². The number of unbranched alkanes of at least 4 members (excludes halogenated alkanes) is 7. The monoisotopic (exact) mass is 1040 g/mol. The maximum atomic E-state index is 14.5. The number of hydrogen-bond acceptors (Lipinski definition) is 3. The van der Waals surface area contributed by atoms with Crippen molar-refractivity contribution < 1.29 is 26.3 Å². The number of halogens is 6. The second-order valence-electron chi connectivity index (χ2n) is 18.4. The van der Waals surface area contributed by atoms with Gasteiger partial charge in [-0.25, -0.2) is 4.44 Å². The first-order chi connectivity index (χ1) is 32.1. The van der Waals surface area contributed by atoms with Crippen molar-refractivity contribution in [2.75, 3.05) is 6.54 Å². The number of thioether (sulfide) groups is 2. The predicted molar refractivity (Wildman–Crippen MR) is 293 cm³/mol. The first kappa shape index (κ1) is 58.0. The van der Waals surface area contributed by atoms with Gasteiger partial charge in [0.1, 0.15) is 0 Å². The van der Waals surface area contributed by atoms with Gasteiger partial charge in [0, 0.05) is 43.1 Å². The Morgan fingerprint density at radius 3 is 0.985 bits per heavy atom. The van der Waals surface area contributed by atoms with Crippen molar-refractivity contribution >= 4 is 87.4 Å². The van der Waals surface area contributed by atoms with Crippen LogP contribution in [0.1, 0.15) is 138 Å². The fourth-order valence-corrected chi connectivity index (χ4v) is 28.8. The summed E-state index contributed by atoms with van der Waals surface area (Å²) < 4.78 is 89.5. The second kappa shape index (κ2) is 29.1. The van der Waals surface area contributed by atoms with Crippen LogP contribution in [-0.2, 0) is 0 Å². The molecule has 372 valence electrons. The zero-order chi connectivity index (χ0) is 48.9. The third kappa shape index (κ3) is 17.3. The lowest BCUT2D eigenvalue weighted by Crippen LogP contribution is -2.48. The van der Waals surface area contributed by atoms with E-state index in [9.17, 15) is 26.3 Å². The number of benzene rings is 4. The summed E-state index contributed by atoms with van der Waals surface area (Å²) in [5, 5.41) is 6.01. The van der Waals surface area contributed by atoms with Gasteiger partial charge in [-0.2, -0.15) is 26.3 Å². The van der Waals surface area contributed by atoms with Gasteiger partial charge in [-0.15, -0.1) is 0 Å². The van der Waals surface area contributed by atoms with Crippen molar-refractivity contribution in [1.82, 2.24) is 4.44 Å². The zero-order valence-corrected chi connectivity index (χ0v) is 46.9. The molecule has 0 atom stereocenters. The highest BCUT2D eigenvalue weighted by Crippen LogP contribution is 2.58. The zero-order valence-electron chi connectivity index (χ0n) is 41.5. The molecule has 4 aromatic rings. The lowest BCUT2D eigenvalue weighted by Gasteiger charge is -2.41. The molecule has 13 heteroatoms. The van der Waals surface area contributed by atoms with Crippen LogP contribution in [0.5, 0.6) is 0 Å². The molecule has 1 nitrogen and oxygen atoms in total. The molecule has 0 aliphatic heterocycles. The first-order valence-corrected chi connectivity index (χ1v) is 34.9. The summed E-state index contributed by atoms with van der Waals surface area (Å²) in [4.78, 5) is 0.0689. The molecule has 0 amide bonds. The maximum absolute atomic E-state index is 14.5. The number of alkyl halides is 6. The van der Waals surface area contributed by atoms with E-state index in [-0.39, 0.29) is 33.3 Å². The molecule has 0 aliphatic rings. The second-order valence-corrected chi connectivity index (χ2v) is 34.4. The summed E-state index contributed by atoms with van der Waals surface area (Å²) >= 11 is -0.323. The van der Waals surface area contributed by atoms with Crippen molar-refractivity contribution in [2.24, 2.45) is 0 Å². The Bertz CT molecular complexity index is 1820. The Balaban J connectivity index is 2.12. The van der Waals surface area contributed by atoms with E-state index in [0.29, 0.717) is 17.2 Å². The summed E-state index contributed by atoms with van der Waals surface area (Å²) in [7, 11) is -7.16. The molecule has 0 saturated carbocycles. The average molecular weight is 1040 g/mol. The average Bonchev–Trinajstić information content (AvgIpc) is 3.31. The highest BCUT2D eigenvalue weighted by Gasteiger charge is 2.40. The van der Waals surface area contributed by atoms with Gasteiger partial charge in [0.25, 0.3) is 0 Å². The molecule has 0 spiro atoms. The fourth-order valence-electron chi connectivity index (χ4n) is 9.69. The molecule has 0 unspecified atom stereocenters. The summed E-state index contributed by atoms with van der Waals surface area (Å²) in [6.45, 7) is 16.3. The van der Waals surface area contributed by atoms with Crippen LogP contribution >= 0.6 is 39.7 Å². The molecule has 0 heterocycles. The minimum atomic E-state index is -4.59. The van der Waals surface area contributed by atoms with Gasteiger partial charge < -0.3 is 0 Å². The summed E-state index contributed by atoms with van der Waals surface area (Å²) in [6, 6.07) is 39.5. The minimum absolute atomic E-state index is 0.0344. The third-order valence-electron chi connectivity index (χ3n) is 13.3.